The molecule has 0 spiro atoms. The van der Waals surface area contributed by atoms with Crippen molar-refractivity contribution in [2.45, 2.75) is 13.0 Å². The topological polar surface area (TPSA) is 29.3 Å². The maximum atomic E-state index is 6.21. The fourth-order valence-corrected chi connectivity index (χ4v) is 2.90. The number of likely N-dealkylation sites (N-methyl/N-ethyl adjacent to an activating group) is 1. The molecule has 3 rings (SSSR count). The van der Waals surface area contributed by atoms with Gasteiger partial charge in [0.25, 0.3) is 0 Å². The van der Waals surface area contributed by atoms with Crippen LogP contribution in [-0.2, 0) is 13.0 Å². The molecular weight excluding hydrogens is 256 g/mol. The number of hydrogen-bond donors (Lipinski definition) is 1. The Labute approximate surface area is 118 Å². The highest BCUT2D eigenvalue weighted by Crippen LogP contribution is 2.31. The lowest BCUT2D eigenvalue weighted by Gasteiger charge is -2.26. The molecule has 19 heavy (non-hydrogen) atoms. The van der Waals surface area contributed by atoms with E-state index in [1.165, 1.54) is 11.1 Å². The second-order valence-corrected chi connectivity index (χ2v) is 5.64. The van der Waals surface area contributed by atoms with Gasteiger partial charge in [0.05, 0.1) is 0 Å². The van der Waals surface area contributed by atoms with Gasteiger partial charge in [0.2, 0.25) is 0 Å². The normalized spacial score (nSPS) is 15.3. The van der Waals surface area contributed by atoms with Crippen LogP contribution in [-0.4, -0.2) is 18.5 Å². The van der Waals surface area contributed by atoms with Crippen LogP contribution in [0, 0.1) is 0 Å². The summed E-state index contributed by atoms with van der Waals surface area (Å²) < 4.78 is 0. The fourth-order valence-electron chi connectivity index (χ4n) is 2.71. The molecule has 0 saturated heterocycles. The Morgan fingerprint density at radius 3 is 2.79 bits per heavy atom. The summed E-state index contributed by atoms with van der Waals surface area (Å²) in [5.74, 6) is 0. The lowest BCUT2D eigenvalue weighted by molar-refractivity contribution is 0.313. The number of nitrogens with two attached hydrogens (primary N) is 1. The smallest absolute Gasteiger partial charge is 0.0412 e. The Balaban J connectivity index is 2.09. The van der Waals surface area contributed by atoms with Crippen LogP contribution in [0.3, 0.4) is 0 Å². The summed E-state index contributed by atoms with van der Waals surface area (Å²) in [6.45, 7) is 2.04. The minimum Gasteiger partial charge on any atom is -0.398 e. The Hall–Kier alpha value is -1.51. The predicted molar refractivity (Wildman–Crippen MR) is 81.3 cm³/mol. The average molecular weight is 273 g/mol. The Morgan fingerprint density at radius 1 is 1.16 bits per heavy atom. The monoisotopic (exact) mass is 272 g/mol. The van der Waals surface area contributed by atoms with Gasteiger partial charge in [-0.2, -0.15) is 0 Å². The summed E-state index contributed by atoms with van der Waals surface area (Å²) in [5.41, 5.74) is 12.0. The maximum Gasteiger partial charge on any atom is 0.0412 e. The van der Waals surface area contributed by atoms with Gasteiger partial charge in [-0.1, -0.05) is 23.7 Å². The van der Waals surface area contributed by atoms with E-state index in [-0.39, 0.29) is 0 Å². The molecule has 0 bridgehead atoms. The lowest BCUT2D eigenvalue weighted by Crippen LogP contribution is -2.27. The molecule has 1 aliphatic heterocycles. The zero-order chi connectivity index (χ0) is 13.4. The van der Waals surface area contributed by atoms with Crippen LogP contribution in [0.2, 0.25) is 5.02 Å². The van der Waals surface area contributed by atoms with E-state index < -0.39 is 0 Å². The van der Waals surface area contributed by atoms with Crippen molar-refractivity contribution >= 4 is 17.3 Å². The van der Waals surface area contributed by atoms with Crippen molar-refractivity contribution in [3.8, 4) is 11.1 Å². The number of rotatable bonds is 1. The van der Waals surface area contributed by atoms with Gasteiger partial charge in [0, 0.05) is 23.8 Å². The molecule has 3 heteroatoms. The molecule has 0 unspecified atom stereocenters. The first-order chi connectivity index (χ1) is 9.13. The highest BCUT2D eigenvalue weighted by molar-refractivity contribution is 6.30. The lowest BCUT2D eigenvalue weighted by atomic mass is 9.93. The van der Waals surface area contributed by atoms with E-state index in [1.54, 1.807) is 0 Å². The van der Waals surface area contributed by atoms with Crippen LogP contribution in [0.5, 0.6) is 0 Å². The molecule has 2 aromatic rings. The molecule has 0 fully saturated rings. The molecule has 2 aromatic carbocycles. The van der Waals surface area contributed by atoms with Crippen molar-refractivity contribution < 1.29 is 0 Å². The largest absolute Gasteiger partial charge is 0.398 e. The van der Waals surface area contributed by atoms with Gasteiger partial charge in [0.1, 0.15) is 0 Å². The van der Waals surface area contributed by atoms with E-state index in [0.29, 0.717) is 0 Å². The molecule has 0 atom stereocenters. The molecule has 0 radical (unpaired) electrons. The van der Waals surface area contributed by atoms with E-state index in [4.69, 9.17) is 17.3 Å². The minimum atomic E-state index is 0.755. The SMILES string of the molecule is CN1CCc2c(N)cc(-c3cccc(Cl)c3)cc2C1. The molecule has 0 aromatic heterocycles. The predicted octanol–water partition coefficient (Wildman–Crippen LogP) is 3.58. The number of halogens is 1. The zero-order valence-electron chi connectivity index (χ0n) is 11.0. The maximum absolute atomic E-state index is 6.21. The molecule has 2 nitrogen and oxygen atoms in total. The molecule has 0 amide bonds. The van der Waals surface area contributed by atoms with E-state index in [2.05, 4.69) is 30.1 Å². The first kappa shape index (κ1) is 12.5. The highest BCUT2D eigenvalue weighted by Gasteiger charge is 2.16. The summed E-state index contributed by atoms with van der Waals surface area (Å²) in [6.07, 6.45) is 1.04. The Morgan fingerprint density at radius 2 is 2.00 bits per heavy atom. The molecular formula is C16H17ClN2. The number of benzene rings is 2. The third kappa shape index (κ3) is 2.46. The summed E-state index contributed by atoms with van der Waals surface area (Å²) in [6, 6.07) is 12.2. The summed E-state index contributed by atoms with van der Waals surface area (Å²) in [4.78, 5) is 2.32. The van der Waals surface area contributed by atoms with Crippen LogP contribution in [0.15, 0.2) is 36.4 Å². The summed E-state index contributed by atoms with van der Waals surface area (Å²) >= 11 is 6.06. The minimum absolute atomic E-state index is 0.755. The summed E-state index contributed by atoms with van der Waals surface area (Å²) in [5, 5.41) is 0.755. The Kier molecular flexibility index (Phi) is 3.21. The molecule has 98 valence electrons. The van der Waals surface area contributed by atoms with Crippen LogP contribution in [0.4, 0.5) is 5.69 Å². The van der Waals surface area contributed by atoms with Crippen LogP contribution in [0.25, 0.3) is 11.1 Å². The number of anilines is 1. The third-order valence-corrected chi connectivity index (χ3v) is 3.95. The molecule has 0 saturated carbocycles. The van der Waals surface area contributed by atoms with Crippen LogP contribution >= 0.6 is 11.6 Å². The van der Waals surface area contributed by atoms with E-state index >= 15 is 0 Å². The van der Waals surface area contributed by atoms with Gasteiger partial charge >= 0.3 is 0 Å². The van der Waals surface area contributed by atoms with Crippen molar-refractivity contribution in [2.24, 2.45) is 0 Å². The third-order valence-electron chi connectivity index (χ3n) is 3.72. The average Bonchev–Trinajstić information content (AvgIpc) is 2.38. The van der Waals surface area contributed by atoms with Gasteiger partial charge in [-0.3, -0.25) is 0 Å². The molecule has 0 aliphatic carbocycles. The van der Waals surface area contributed by atoms with Gasteiger partial charge in [-0.15, -0.1) is 0 Å². The standard InChI is InChI=1S/C16H17ClN2/c1-19-6-5-15-13(10-19)7-12(9-16(15)18)11-3-2-4-14(17)8-11/h2-4,7-9H,5-6,10,18H2,1H3. The Bertz CT molecular complexity index is 622. The summed E-state index contributed by atoms with van der Waals surface area (Å²) in [7, 11) is 2.14. The van der Waals surface area contributed by atoms with Crippen molar-refractivity contribution in [2.75, 3.05) is 19.3 Å². The molecule has 1 aliphatic rings. The van der Waals surface area contributed by atoms with Crippen LogP contribution in [0.1, 0.15) is 11.1 Å². The van der Waals surface area contributed by atoms with Crippen molar-refractivity contribution in [3.05, 3.63) is 52.5 Å². The van der Waals surface area contributed by atoms with E-state index in [9.17, 15) is 0 Å². The van der Waals surface area contributed by atoms with E-state index in [0.717, 1.165) is 41.3 Å². The van der Waals surface area contributed by atoms with Gasteiger partial charge in [0.15, 0.2) is 0 Å². The fraction of sp³-hybridized carbons (Fsp3) is 0.250. The highest BCUT2D eigenvalue weighted by atomic mass is 35.5. The zero-order valence-corrected chi connectivity index (χ0v) is 11.7. The molecule has 1 heterocycles. The van der Waals surface area contributed by atoms with Gasteiger partial charge < -0.3 is 10.6 Å². The number of nitrogens with zero attached hydrogens (tertiary/aromatic N) is 1. The van der Waals surface area contributed by atoms with Crippen molar-refractivity contribution in [1.82, 2.24) is 4.90 Å². The van der Waals surface area contributed by atoms with Gasteiger partial charge in [-0.05, 0) is 60.0 Å². The number of nitrogen functional groups attached to an aromatic ring is 1. The second kappa shape index (κ2) is 4.87. The van der Waals surface area contributed by atoms with Gasteiger partial charge in [-0.25, -0.2) is 0 Å². The first-order valence-electron chi connectivity index (χ1n) is 6.49. The van der Waals surface area contributed by atoms with E-state index in [1.807, 2.05) is 18.2 Å². The number of fused-ring (bicyclic) bond motifs is 1. The quantitative estimate of drug-likeness (QED) is 0.804. The van der Waals surface area contributed by atoms with Crippen LogP contribution < -0.4 is 5.73 Å². The van der Waals surface area contributed by atoms with Crippen molar-refractivity contribution in [1.29, 1.82) is 0 Å². The second-order valence-electron chi connectivity index (χ2n) is 5.20. The first-order valence-corrected chi connectivity index (χ1v) is 6.87. The van der Waals surface area contributed by atoms with Crippen molar-refractivity contribution in [3.63, 3.8) is 0 Å². The number of hydrogen-bond acceptors (Lipinski definition) is 2. The molecule has 2 N–H and O–H groups in total.